The highest BCUT2D eigenvalue weighted by Crippen LogP contribution is 2.42. The van der Waals surface area contributed by atoms with Crippen molar-refractivity contribution in [2.24, 2.45) is 23.7 Å². The van der Waals surface area contributed by atoms with Crippen molar-refractivity contribution in [3.05, 3.63) is 0 Å². The summed E-state index contributed by atoms with van der Waals surface area (Å²) >= 11 is 0. The van der Waals surface area contributed by atoms with Crippen LogP contribution in [-0.2, 0) is 14.3 Å². The molecule has 4 heteroatoms. The van der Waals surface area contributed by atoms with E-state index >= 15 is 0 Å². The Hall–Kier alpha value is -0.610. The summed E-state index contributed by atoms with van der Waals surface area (Å²) in [6, 6.07) is 0. The highest BCUT2D eigenvalue weighted by atomic mass is 16.5. The molecule has 0 amide bonds. The Morgan fingerprint density at radius 3 is 2.61 bits per heavy atom. The van der Waals surface area contributed by atoms with Crippen LogP contribution in [0.1, 0.15) is 65.2 Å². The molecule has 0 aromatic heterocycles. The van der Waals surface area contributed by atoms with E-state index in [0.717, 1.165) is 32.1 Å². The van der Waals surface area contributed by atoms with Crippen molar-refractivity contribution < 1.29 is 19.4 Å². The molecule has 7 atom stereocenters. The summed E-state index contributed by atoms with van der Waals surface area (Å²) in [6.45, 7) is 4.87. The Bertz CT molecular complexity index is 410. The van der Waals surface area contributed by atoms with E-state index in [2.05, 4.69) is 13.8 Å². The molecular weight excluding hydrogens is 292 g/mol. The molecule has 0 spiro atoms. The second kappa shape index (κ2) is 7.52. The molecule has 4 nitrogen and oxygen atoms in total. The molecule has 2 aliphatic heterocycles. The van der Waals surface area contributed by atoms with E-state index < -0.39 is 6.10 Å². The van der Waals surface area contributed by atoms with Crippen LogP contribution in [0.3, 0.4) is 0 Å². The number of esters is 1. The predicted molar refractivity (Wildman–Crippen MR) is 87.9 cm³/mol. The summed E-state index contributed by atoms with van der Waals surface area (Å²) in [4.78, 5) is 12.1. The van der Waals surface area contributed by atoms with Crippen LogP contribution in [0.15, 0.2) is 0 Å². The molecular formula is C19H32O4. The number of ether oxygens (including phenoxy) is 2. The Morgan fingerprint density at radius 1 is 1.17 bits per heavy atom. The minimum Gasteiger partial charge on any atom is -0.465 e. The minimum absolute atomic E-state index is 0.152. The zero-order chi connectivity index (χ0) is 16.4. The molecule has 1 saturated carbocycles. The van der Waals surface area contributed by atoms with Crippen molar-refractivity contribution in [3.63, 3.8) is 0 Å². The minimum atomic E-state index is -0.541. The summed E-state index contributed by atoms with van der Waals surface area (Å²) in [6.07, 6.45) is 8.12. The van der Waals surface area contributed by atoms with Gasteiger partial charge in [0.1, 0.15) is 0 Å². The number of aliphatic hydroxyl groups is 1. The lowest BCUT2D eigenvalue weighted by atomic mass is 9.87. The van der Waals surface area contributed by atoms with Gasteiger partial charge in [-0.3, -0.25) is 4.79 Å². The van der Waals surface area contributed by atoms with Crippen LogP contribution < -0.4 is 0 Å². The highest BCUT2D eigenvalue weighted by Gasteiger charge is 2.41. The van der Waals surface area contributed by atoms with Crippen molar-refractivity contribution in [1.29, 1.82) is 0 Å². The molecule has 23 heavy (non-hydrogen) atoms. The van der Waals surface area contributed by atoms with Gasteiger partial charge in [0, 0.05) is 5.92 Å². The zero-order valence-corrected chi connectivity index (χ0v) is 14.6. The standard InChI is InChI=1S/C19H32O4/c1-3-12-7-13(4-2)16(8-12)17(20)10-19(21)22-11-14-9-15-5-6-18(14)23-15/h12-18,20H,3-11H2,1-2H3. The first kappa shape index (κ1) is 17.2. The first-order valence-electron chi connectivity index (χ1n) is 9.59. The SMILES string of the molecule is CCC1CC(CC)C(C(O)CC(=O)OCC2CC3CCC2O3)C1. The average molecular weight is 324 g/mol. The van der Waals surface area contributed by atoms with Gasteiger partial charge in [0.05, 0.1) is 31.3 Å². The largest absolute Gasteiger partial charge is 0.465 e. The van der Waals surface area contributed by atoms with Crippen LogP contribution in [0.5, 0.6) is 0 Å². The van der Waals surface area contributed by atoms with Gasteiger partial charge in [-0.25, -0.2) is 0 Å². The van der Waals surface area contributed by atoms with E-state index in [1.54, 1.807) is 0 Å². The van der Waals surface area contributed by atoms with Crippen molar-refractivity contribution in [2.75, 3.05) is 6.61 Å². The average Bonchev–Trinajstić information content (AvgIpc) is 3.26. The normalized spacial score (nSPS) is 40.5. The van der Waals surface area contributed by atoms with E-state index in [-0.39, 0.29) is 18.3 Å². The maximum atomic E-state index is 12.1. The molecule has 132 valence electrons. The van der Waals surface area contributed by atoms with Crippen molar-refractivity contribution in [2.45, 2.75) is 83.5 Å². The van der Waals surface area contributed by atoms with Crippen molar-refractivity contribution in [1.82, 2.24) is 0 Å². The van der Waals surface area contributed by atoms with Crippen LogP contribution in [0.2, 0.25) is 0 Å². The summed E-state index contributed by atoms with van der Waals surface area (Å²) in [7, 11) is 0. The second-order valence-corrected chi connectivity index (χ2v) is 7.90. The smallest absolute Gasteiger partial charge is 0.308 e. The topological polar surface area (TPSA) is 55.8 Å². The zero-order valence-electron chi connectivity index (χ0n) is 14.6. The van der Waals surface area contributed by atoms with Crippen LogP contribution in [-0.4, -0.2) is 36.0 Å². The molecule has 2 saturated heterocycles. The third-order valence-electron chi connectivity index (χ3n) is 6.51. The predicted octanol–water partition coefficient (Wildman–Crippen LogP) is 3.31. The van der Waals surface area contributed by atoms with Gasteiger partial charge in [0.15, 0.2) is 0 Å². The fourth-order valence-electron chi connectivity index (χ4n) is 5.05. The molecule has 0 aromatic rings. The van der Waals surface area contributed by atoms with Crippen LogP contribution in [0.25, 0.3) is 0 Å². The third-order valence-corrected chi connectivity index (χ3v) is 6.51. The van der Waals surface area contributed by atoms with Crippen LogP contribution >= 0.6 is 0 Å². The number of carbonyl (C=O) groups excluding carboxylic acids is 1. The highest BCUT2D eigenvalue weighted by molar-refractivity contribution is 5.70. The summed E-state index contributed by atoms with van der Waals surface area (Å²) in [5.41, 5.74) is 0. The van der Waals surface area contributed by atoms with E-state index in [9.17, 15) is 9.90 Å². The van der Waals surface area contributed by atoms with Gasteiger partial charge in [-0.1, -0.05) is 26.7 Å². The molecule has 7 unspecified atom stereocenters. The number of hydrogen-bond acceptors (Lipinski definition) is 4. The van der Waals surface area contributed by atoms with E-state index in [0.29, 0.717) is 36.6 Å². The first-order chi connectivity index (χ1) is 11.1. The van der Waals surface area contributed by atoms with E-state index in [4.69, 9.17) is 9.47 Å². The van der Waals surface area contributed by atoms with E-state index in [1.807, 2.05) is 0 Å². The number of aliphatic hydroxyl groups excluding tert-OH is 1. The number of fused-ring (bicyclic) bond motifs is 2. The fourth-order valence-corrected chi connectivity index (χ4v) is 5.05. The Labute approximate surface area is 139 Å². The molecule has 1 aliphatic carbocycles. The molecule has 0 radical (unpaired) electrons. The fraction of sp³-hybridized carbons (Fsp3) is 0.947. The van der Waals surface area contributed by atoms with Gasteiger partial charge in [0.2, 0.25) is 0 Å². The van der Waals surface area contributed by atoms with Gasteiger partial charge < -0.3 is 14.6 Å². The van der Waals surface area contributed by atoms with Crippen LogP contribution in [0, 0.1) is 23.7 Å². The van der Waals surface area contributed by atoms with Crippen LogP contribution in [0.4, 0.5) is 0 Å². The maximum Gasteiger partial charge on any atom is 0.308 e. The first-order valence-corrected chi connectivity index (χ1v) is 9.59. The Kier molecular flexibility index (Phi) is 5.63. The Morgan fingerprint density at radius 2 is 2.00 bits per heavy atom. The van der Waals surface area contributed by atoms with Gasteiger partial charge in [-0.05, 0) is 49.9 Å². The van der Waals surface area contributed by atoms with Crippen molar-refractivity contribution in [3.8, 4) is 0 Å². The summed E-state index contributed by atoms with van der Waals surface area (Å²) in [5.74, 6) is 1.66. The van der Waals surface area contributed by atoms with Crippen molar-refractivity contribution >= 4 is 5.97 Å². The number of rotatable bonds is 7. The molecule has 2 bridgehead atoms. The second-order valence-electron chi connectivity index (χ2n) is 7.90. The number of hydrogen-bond donors (Lipinski definition) is 1. The quantitative estimate of drug-likeness (QED) is 0.730. The van der Waals surface area contributed by atoms with Gasteiger partial charge in [0.25, 0.3) is 0 Å². The van der Waals surface area contributed by atoms with Gasteiger partial charge in [-0.15, -0.1) is 0 Å². The lowest BCUT2D eigenvalue weighted by molar-refractivity contribution is -0.148. The molecule has 0 aromatic carbocycles. The molecule has 3 aliphatic rings. The van der Waals surface area contributed by atoms with Gasteiger partial charge >= 0.3 is 5.97 Å². The lowest BCUT2D eigenvalue weighted by Gasteiger charge is -2.24. The molecule has 3 rings (SSSR count). The molecule has 1 N–H and O–H groups in total. The summed E-state index contributed by atoms with van der Waals surface area (Å²) < 4.78 is 11.2. The summed E-state index contributed by atoms with van der Waals surface area (Å²) in [5, 5.41) is 10.5. The maximum absolute atomic E-state index is 12.1. The monoisotopic (exact) mass is 324 g/mol. The third kappa shape index (κ3) is 3.90. The Balaban J connectivity index is 1.42. The molecule has 3 fully saturated rings. The van der Waals surface area contributed by atoms with E-state index in [1.165, 1.54) is 12.8 Å². The number of carbonyl (C=O) groups is 1. The lowest BCUT2D eigenvalue weighted by Crippen LogP contribution is -2.29. The van der Waals surface area contributed by atoms with Gasteiger partial charge in [-0.2, -0.15) is 0 Å². The molecule has 2 heterocycles.